The van der Waals surface area contributed by atoms with Crippen LogP contribution in [0.15, 0.2) is 54.6 Å². The number of amides is 2. The lowest BCUT2D eigenvalue weighted by Gasteiger charge is -2.01. The van der Waals surface area contributed by atoms with Crippen LogP contribution in [-0.4, -0.2) is 28.1 Å². The molecular formula is C22H19FN4O2. The zero-order valence-electron chi connectivity index (χ0n) is 16.0. The summed E-state index contributed by atoms with van der Waals surface area (Å²) < 4.78 is 14.5. The molecule has 0 bridgehead atoms. The number of nitrogens with one attached hydrogen (secondary N) is 2. The molecule has 2 N–H and O–H groups in total. The summed E-state index contributed by atoms with van der Waals surface area (Å²) in [4.78, 5) is 23.4. The standard InChI is InChI=1S/C22H19FN4O2/c1-15(28)25-19-11-5-16(6-12-19)4-3-13-24-22(29)21-14-20(26-27(21)2)17-7-9-18(23)10-8-17/h5-12,14H,13H2,1-2H3,(H,24,29)(H,25,28). The molecule has 3 aromatic rings. The highest BCUT2D eigenvalue weighted by Gasteiger charge is 2.13. The fraction of sp³-hybridized carbons (Fsp3) is 0.136. The van der Waals surface area contributed by atoms with Crippen molar-refractivity contribution in [3.8, 4) is 23.1 Å². The van der Waals surface area contributed by atoms with Gasteiger partial charge in [-0.15, -0.1) is 0 Å². The van der Waals surface area contributed by atoms with E-state index in [9.17, 15) is 14.0 Å². The van der Waals surface area contributed by atoms with E-state index in [0.717, 1.165) is 11.1 Å². The van der Waals surface area contributed by atoms with Gasteiger partial charge < -0.3 is 10.6 Å². The van der Waals surface area contributed by atoms with Crippen molar-refractivity contribution < 1.29 is 14.0 Å². The molecule has 0 spiro atoms. The van der Waals surface area contributed by atoms with Crippen molar-refractivity contribution in [3.05, 3.63) is 71.7 Å². The monoisotopic (exact) mass is 390 g/mol. The number of hydrogen-bond acceptors (Lipinski definition) is 3. The second-order valence-electron chi connectivity index (χ2n) is 6.29. The van der Waals surface area contributed by atoms with Gasteiger partial charge in [-0.05, 0) is 54.6 Å². The quantitative estimate of drug-likeness (QED) is 0.673. The van der Waals surface area contributed by atoms with Crippen LogP contribution in [0.4, 0.5) is 10.1 Å². The minimum Gasteiger partial charge on any atom is -0.340 e. The van der Waals surface area contributed by atoms with E-state index in [1.54, 1.807) is 49.5 Å². The predicted octanol–water partition coefficient (Wildman–Crippen LogP) is 2.97. The summed E-state index contributed by atoms with van der Waals surface area (Å²) in [6, 6.07) is 14.7. The number of anilines is 1. The second kappa shape index (κ2) is 8.85. The van der Waals surface area contributed by atoms with Crippen molar-refractivity contribution in [3.63, 3.8) is 0 Å². The summed E-state index contributed by atoms with van der Waals surface area (Å²) >= 11 is 0. The lowest BCUT2D eigenvalue weighted by Crippen LogP contribution is -2.25. The van der Waals surface area contributed by atoms with Crippen LogP contribution in [0.1, 0.15) is 23.0 Å². The Bertz CT molecular complexity index is 1090. The Hall–Kier alpha value is -3.92. The number of hydrogen-bond donors (Lipinski definition) is 2. The van der Waals surface area contributed by atoms with Gasteiger partial charge in [-0.2, -0.15) is 5.10 Å². The Morgan fingerprint density at radius 3 is 2.45 bits per heavy atom. The van der Waals surface area contributed by atoms with Gasteiger partial charge in [-0.3, -0.25) is 14.3 Å². The maximum absolute atomic E-state index is 13.1. The molecule has 0 atom stereocenters. The first kappa shape index (κ1) is 19.8. The smallest absolute Gasteiger partial charge is 0.270 e. The van der Waals surface area contributed by atoms with Crippen molar-refractivity contribution >= 4 is 17.5 Å². The third-order valence-electron chi connectivity index (χ3n) is 4.03. The Kier molecular flexibility index (Phi) is 6.05. The van der Waals surface area contributed by atoms with Crippen molar-refractivity contribution in [1.29, 1.82) is 0 Å². The van der Waals surface area contributed by atoms with Crippen LogP contribution < -0.4 is 10.6 Å². The first-order valence-electron chi connectivity index (χ1n) is 8.87. The SMILES string of the molecule is CC(=O)Nc1ccc(C#CCNC(=O)c2cc(-c3ccc(F)cc3)nn2C)cc1. The molecular weight excluding hydrogens is 371 g/mol. The summed E-state index contributed by atoms with van der Waals surface area (Å²) in [5.74, 6) is 5.07. The molecule has 1 heterocycles. The van der Waals surface area contributed by atoms with Crippen LogP contribution in [0.5, 0.6) is 0 Å². The highest BCUT2D eigenvalue weighted by atomic mass is 19.1. The molecule has 6 nitrogen and oxygen atoms in total. The van der Waals surface area contributed by atoms with Gasteiger partial charge in [0.05, 0.1) is 12.2 Å². The van der Waals surface area contributed by atoms with E-state index >= 15 is 0 Å². The Balaban J connectivity index is 1.60. The van der Waals surface area contributed by atoms with Crippen molar-refractivity contribution in [2.75, 3.05) is 11.9 Å². The number of carbonyl (C=O) groups is 2. The molecule has 0 saturated heterocycles. The van der Waals surface area contributed by atoms with Gasteiger partial charge in [0.1, 0.15) is 11.5 Å². The average Bonchev–Trinajstić information content (AvgIpc) is 3.08. The Morgan fingerprint density at radius 1 is 1.10 bits per heavy atom. The first-order valence-corrected chi connectivity index (χ1v) is 8.87. The summed E-state index contributed by atoms with van der Waals surface area (Å²) in [7, 11) is 1.67. The third-order valence-corrected chi connectivity index (χ3v) is 4.03. The summed E-state index contributed by atoms with van der Waals surface area (Å²) in [6.07, 6.45) is 0. The highest BCUT2D eigenvalue weighted by Crippen LogP contribution is 2.19. The molecule has 0 radical (unpaired) electrons. The van der Waals surface area contributed by atoms with Gasteiger partial charge >= 0.3 is 0 Å². The molecule has 1 aromatic heterocycles. The fourth-order valence-electron chi connectivity index (χ4n) is 2.64. The largest absolute Gasteiger partial charge is 0.340 e. The topological polar surface area (TPSA) is 76.0 Å². The van der Waals surface area contributed by atoms with E-state index in [1.165, 1.54) is 23.7 Å². The van der Waals surface area contributed by atoms with E-state index in [0.29, 0.717) is 17.1 Å². The van der Waals surface area contributed by atoms with Crippen LogP contribution in [0.3, 0.4) is 0 Å². The van der Waals surface area contributed by atoms with Crippen molar-refractivity contribution in [1.82, 2.24) is 15.1 Å². The first-order chi connectivity index (χ1) is 13.9. The second-order valence-corrected chi connectivity index (χ2v) is 6.29. The number of benzene rings is 2. The molecule has 7 heteroatoms. The normalized spacial score (nSPS) is 10.0. The van der Waals surface area contributed by atoms with E-state index in [-0.39, 0.29) is 24.2 Å². The molecule has 3 rings (SSSR count). The van der Waals surface area contributed by atoms with Crippen LogP contribution in [-0.2, 0) is 11.8 Å². The molecule has 29 heavy (non-hydrogen) atoms. The molecule has 2 amide bonds. The lowest BCUT2D eigenvalue weighted by molar-refractivity contribution is -0.114. The maximum Gasteiger partial charge on any atom is 0.270 e. The van der Waals surface area contributed by atoms with Gasteiger partial charge in [0.2, 0.25) is 5.91 Å². The fourth-order valence-corrected chi connectivity index (χ4v) is 2.64. The minimum absolute atomic E-state index is 0.135. The van der Waals surface area contributed by atoms with Gasteiger partial charge in [-0.1, -0.05) is 11.8 Å². The highest BCUT2D eigenvalue weighted by molar-refractivity contribution is 5.93. The Morgan fingerprint density at radius 2 is 1.79 bits per heavy atom. The third kappa shape index (κ3) is 5.30. The van der Waals surface area contributed by atoms with Gasteiger partial charge in [-0.25, -0.2) is 4.39 Å². The van der Waals surface area contributed by atoms with Crippen molar-refractivity contribution in [2.45, 2.75) is 6.92 Å². The molecule has 0 saturated carbocycles. The molecule has 0 aliphatic heterocycles. The van der Waals surface area contributed by atoms with E-state index < -0.39 is 0 Å². The lowest BCUT2D eigenvalue weighted by atomic mass is 10.1. The number of aromatic nitrogens is 2. The summed E-state index contributed by atoms with van der Waals surface area (Å²) in [5.41, 5.74) is 3.16. The van der Waals surface area contributed by atoms with Crippen LogP contribution in [0.2, 0.25) is 0 Å². The molecule has 146 valence electrons. The molecule has 0 aliphatic carbocycles. The van der Waals surface area contributed by atoms with E-state index in [1.807, 2.05) is 0 Å². The summed E-state index contributed by atoms with van der Waals surface area (Å²) in [6.45, 7) is 1.62. The average molecular weight is 390 g/mol. The van der Waals surface area contributed by atoms with Crippen LogP contribution in [0, 0.1) is 17.7 Å². The van der Waals surface area contributed by atoms with Gasteiger partial charge in [0.15, 0.2) is 0 Å². The van der Waals surface area contributed by atoms with Gasteiger partial charge in [0.25, 0.3) is 5.91 Å². The molecule has 0 aliphatic rings. The number of halogens is 1. The summed E-state index contributed by atoms with van der Waals surface area (Å²) in [5, 5.41) is 9.72. The number of carbonyl (C=O) groups excluding carboxylic acids is 2. The Labute approximate surface area is 167 Å². The predicted molar refractivity (Wildman–Crippen MR) is 109 cm³/mol. The van der Waals surface area contributed by atoms with Gasteiger partial charge in [0, 0.05) is 30.8 Å². The number of aryl methyl sites for hydroxylation is 1. The number of nitrogens with zero attached hydrogens (tertiary/aromatic N) is 2. The minimum atomic E-state index is -0.328. The van der Waals surface area contributed by atoms with Crippen LogP contribution >= 0.6 is 0 Å². The molecule has 2 aromatic carbocycles. The maximum atomic E-state index is 13.1. The van der Waals surface area contributed by atoms with Crippen LogP contribution in [0.25, 0.3) is 11.3 Å². The molecule has 0 fully saturated rings. The van der Waals surface area contributed by atoms with Crippen molar-refractivity contribution in [2.24, 2.45) is 7.05 Å². The number of rotatable bonds is 4. The molecule has 0 unspecified atom stereocenters. The zero-order valence-corrected chi connectivity index (χ0v) is 16.0. The zero-order chi connectivity index (χ0) is 20.8. The van der Waals surface area contributed by atoms with E-state index in [2.05, 4.69) is 27.6 Å². The van der Waals surface area contributed by atoms with E-state index in [4.69, 9.17) is 0 Å².